The molecular formula is C38H28N2. The van der Waals surface area contributed by atoms with Crippen molar-refractivity contribution >= 4 is 21.8 Å². The fourth-order valence-electron chi connectivity index (χ4n) is 5.59. The minimum atomic E-state index is 0.953. The monoisotopic (exact) mass is 512 g/mol. The second kappa shape index (κ2) is 9.91. The predicted molar refractivity (Wildman–Crippen MR) is 168 cm³/mol. The molecule has 0 aliphatic heterocycles. The van der Waals surface area contributed by atoms with E-state index >= 15 is 0 Å². The Hall–Kier alpha value is -5.08. The SMILES string of the molecule is Cc1ccc2ccc3c(-c4cc(-c5ccccc5)cc(-c5cccc(-c6ccccc6)c5)c4)cc(C)nc3c2n1. The normalized spacial score (nSPS) is 11.2. The van der Waals surface area contributed by atoms with Gasteiger partial charge in [-0.15, -0.1) is 0 Å². The average Bonchev–Trinajstić information content (AvgIpc) is 3.01. The maximum Gasteiger partial charge on any atom is 0.0974 e. The molecule has 40 heavy (non-hydrogen) atoms. The third-order valence-corrected chi connectivity index (χ3v) is 7.56. The molecule has 0 bridgehead atoms. The summed E-state index contributed by atoms with van der Waals surface area (Å²) < 4.78 is 0. The Morgan fingerprint density at radius 1 is 0.375 bits per heavy atom. The molecule has 0 amide bonds. The lowest BCUT2D eigenvalue weighted by molar-refractivity contribution is 1.23. The standard InChI is InChI=1S/C38H28N2/c1-25-16-17-29-18-19-35-36(20-26(2)40-38(35)37(29)39-25)34-23-32(28-12-7-4-8-13-28)22-33(24-34)31-15-9-14-30(21-31)27-10-5-3-6-11-27/h3-24H,1-2H3. The molecule has 0 unspecified atom stereocenters. The number of aromatic nitrogens is 2. The van der Waals surface area contributed by atoms with Gasteiger partial charge in [0.05, 0.1) is 11.0 Å². The highest BCUT2D eigenvalue weighted by atomic mass is 14.8. The topological polar surface area (TPSA) is 25.8 Å². The molecule has 2 heteroatoms. The second-order valence-corrected chi connectivity index (χ2v) is 10.4. The van der Waals surface area contributed by atoms with Crippen LogP contribution in [0.1, 0.15) is 11.4 Å². The Balaban J connectivity index is 1.48. The van der Waals surface area contributed by atoms with Crippen LogP contribution in [0.2, 0.25) is 0 Å². The number of aryl methyl sites for hydroxylation is 2. The van der Waals surface area contributed by atoms with Crippen LogP contribution in [0.5, 0.6) is 0 Å². The molecule has 2 nitrogen and oxygen atoms in total. The molecule has 0 atom stereocenters. The lowest BCUT2D eigenvalue weighted by Gasteiger charge is -2.15. The van der Waals surface area contributed by atoms with E-state index in [-0.39, 0.29) is 0 Å². The van der Waals surface area contributed by atoms with Crippen LogP contribution in [0.3, 0.4) is 0 Å². The van der Waals surface area contributed by atoms with E-state index in [1.165, 1.54) is 44.5 Å². The highest BCUT2D eigenvalue weighted by molar-refractivity contribution is 6.08. The van der Waals surface area contributed by atoms with Crippen molar-refractivity contribution < 1.29 is 0 Å². The van der Waals surface area contributed by atoms with Gasteiger partial charge < -0.3 is 0 Å². The Kier molecular flexibility index (Phi) is 5.94. The van der Waals surface area contributed by atoms with Gasteiger partial charge in [-0.25, -0.2) is 0 Å². The number of fused-ring (bicyclic) bond motifs is 3. The molecule has 0 radical (unpaired) electrons. The van der Waals surface area contributed by atoms with Crippen LogP contribution in [0, 0.1) is 13.8 Å². The number of pyridine rings is 2. The van der Waals surface area contributed by atoms with E-state index in [1.807, 2.05) is 6.92 Å². The van der Waals surface area contributed by atoms with E-state index in [2.05, 4.69) is 140 Å². The number of hydrogen-bond donors (Lipinski definition) is 0. The maximum atomic E-state index is 4.97. The van der Waals surface area contributed by atoms with Crippen molar-refractivity contribution in [2.45, 2.75) is 13.8 Å². The van der Waals surface area contributed by atoms with Gasteiger partial charge in [-0.3, -0.25) is 9.97 Å². The summed E-state index contributed by atoms with van der Waals surface area (Å²) in [6.45, 7) is 4.11. The Morgan fingerprint density at radius 2 is 0.900 bits per heavy atom. The summed E-state index contributed by atoms with van der Waals surface area (Å²) in [7, 11) is 0. The molecule has 5 aromatic carbocycles. The number of benzene rings is 5. The third kappa shape index (κ3) is 4.44. The van der Waals surface area contributed by atoms with Crippen molar-refractivity contribution in [2.24, 2.45) is 0 Å². The molecule has 0 spiro atoms. The molecule has 7 rings (SSSR count). The molecule has 190 valence electrons. The molecule has 0 N–H and O–H groups in total. The van der Waals surface area contributed by atoms with E-state index in [9.17, 15) is 0 Å². The highest BCUT2D eigenvalue weighted by Crippen LogP contribution is 2.38. The van der Waals surface area contributed by atoms with Crippen molar-refractivity contribution in [2.75, 3.05) is 0 Å². The zero-order valence-electron chi connectivity index (χ0n) is 22.6. The minimum Gasteiger partial charge on any atom is -0.251 e. The van der Waals surface area contributed by atoms with Crippen molar-refractivity contribution in [3.8, 4) is 44.5 Å². The van der Waals surface area contributed by atoms with Crippen molar-refractivity contribution in [3.63, 3.8) is 0 Å². The van der Waals surface area contributed by atoms with Crippen molar-refractivity contribution in [1.29, 1.82) is 0 Å². The lowest BCUT2D eigenvalue weighted by atomic mass is 9.90. The van der Waals surface area contributed by atoms with E-state index in [0.717, 1.165) is 33.2 Å². The highest BCUT2D eigenvalue weighted by Gasteiger charge is 2.14. The Bertz CT molecular complexity index is 2010. The summed E-state index contributed by atoms with van der Waals surface area (Å²) in [6, 6.07) is 47.7. The predicted octanol–water partition coefficient (Wildman–Crippen LogP) is 10.1. The summed E-state index contributed by atoms with van der Waals surface area (Å²) in [6.07, 6.45) is 0. The molecule has 2 aromatic heterocycles. The van der Waals surface area contributed by atoms with Gasteiger partial charge in [0.25, 0.3) is 0 Å². The quantitative estimate of drug-likeness (QED) is 0.219. The largest absolute Gasteiger partial charge is 0.251 e. The summed E-state index contributed by atoms with van der Waals surface area (Å²) in [5, 5.41) is 2.23. The maximum absolute atomic E-state index is 4.97. The number of nitrogens with zero attached hydrogens (tertiary/aromatic N) is 2. The van der Waals surface area contributed by atoms with Crippen LogP contribution in [0.25, 0.3) is 66.3 Å². The zero-order valence-corrected chi connectivity index (χ0v) is 22.6. The number of hydrogen-bond acceptors (Lipinski definition) is 2. The molecular weight excluding hydrogens is 484 g/mol. The summed E-state index contributed by atoms with van der Waals surface area (Å²) in [5.41, 5.74) is 13.4. The Morgan fingerprint density at radius 3 is 1.62 bits per heavy atom. The third-order valence-electron chi connectivity index (χ3n) is 7.56. The molecule has 0 saturated carbocycles. The first-order valence-corrected chi connectivity index (χ1v) is 13.7. The van der Waals surface area contributed by atoms with Gasteiger partial charge in [0.1, 0.15) is 0 Å². The van der Waals surface area contributed by atoms with Gasteiger partial charge in [0.15, 0.2) is 0 Å². The van der Waals surface area contributed by atoms with E-state index in [4.69, 9.17) is 9.97 Å². The van der Waals surface area contributed by atoms with Crippen LogP contribution in [0.4, 0.5) is 0 Å². The van der Waals surface area contributed by atoms with Gasteiger partial charge in [0.2, 0.25) is 0 Å². The smallest absolute Gasteiger partial charge is 0.0974 e. The molecule has 0 fully saturated rings. The van der Waals surface area contributed by atoms with Crippen LogP contribution < -0.4 is 0 Å². The molecule has 0 saturated heterocycles. The molecule has 2 heterocycles. The van der Waals surface area contributed by atoms with Crippen molar-refractivity contribution in [1.82, 2.24) is 9.97 Å². The summed E-state index contributed by atoms with van der Waals surface area (Å²) in [4.78, 5) is 9.86. The van der Waals surface area contributed by atoms with Gasteiger partial charge >= 0.3 is 0 Å². The molecule has 0 aliphatic rings. The van der Waals surface area contributed by atoms with Gasteiger partial charge in [-0.2, -0.15) is 0 Å². The van der Waals surface area contributed by atoms with Gasteiger partial charge in [-0.1, -0.05) is 97.1 Å². The minimum absolute atomic E-state index is 0.953. The second-order valence-electron chi connectivity index (χ2n) is 10.4. The van der Waals surface area contributed by atoms with Crippen LogP contribution in [0.15, 0.2) is 133 Å². The van der Waals surface area contributed by atoms with Crippen LogP contribution in [-0.4, -0.2) is 9.97 Å². The first-order chi connectivity index (χ1) is 19.6. The average molecular weight is 513 g/mol. The fraction of sp³-hybridized carbons (Fsp3) is 0.0526. The van der Waals surface area contributed by atoms with E-state index < -0.39 is 0 Å². The first-order valence-electron chi connectivity index (χ1n) is 13.7. The fourth-order valence-corrected chi connectivity index (χ4v) is 5.59. The Labute approximate surface area is 234 Å². The van der Waals surface area contributed by atoms with Crippen LogP contribution >= 0.6 is 0 Å². The van der Waals surface area contributed by atoms with Gasteiger partial charge in [0, 0.05) is 22.2 Å². The van der Waals surface area contributed by atoms with Crippen LogP contribution in [-0.2, 0) is 0 Å². The summed E-state index contributed by atoms with van der Waals surface area (Å²) >= 11 is 0. The van der Waals surface area contributed by atoms with Crippen molar-refractivity contribution in [3.05, 3.63) is 145 Å². The zero-order chi connectivity index (χ0) is 27.1. The summed E-state index contributed by atoms with van der Waals surface area (Å²) in [5.74, 6) is 0. The number of rotatable bonds is 4. The molecule has 7 aromatic rings. The van der Waals surface area contributed by atoms with Gasteiger partial charge in [-0.05, 0) is 94.8 Å². The molecule has 0 aliphatic carbocycles. The lowest BCUT2D eigenvalue weighted by Crippen LogP contribution is -1.93. The first kappa shape index (κ1) is 24.0. The van der Waals surface area contributed by atoms with E-state index in [1.54, 1.807) is 0 Å². The van der Waals surface area contributed by atoms with E-state index in [0.29, 0.717) is 0 Å².